The number of carbonyl (C=O) groups excluding carboxylic acids is 3. The summed E-state index contributed by atoms with van der Waals surface area (Å²) in [6.45, 7) is 5.36. The molecule has 4 rings (SSSR count). The zero-order valence-electron chi connectivity index (χ0n) is 20.7. The van der Waals surface area contributed by atoms with Gasteiger partial charge in [-0.1, -0.05) is 60.7 Å². The Balaban J connectivity index is 1.52. The van der Waals surface area contributed by atoms with Crippen LogP contribution < -0.4 is 10.6 Å². The molecule has 7 heteroatoms. The minimum absolute atomic E-state index is 0.00980. The molecule has 0 bridgehead atoms. The van der Waals surface area contributed by atoms with E-state index in [9.17, 15) is 14.4 Å². The number of hydrogen-bond donors (Lipinski definition) is 2. The fraction of sp³-hybridized carbons (Fsp3) is 0.464. The van der Waals surface area contributed by atoms with Crippen LogP contribution in [0.2, 0.25) is 0 Å². The van der Waals surface area contributed by atoms with Crippen LogP contribution in [0, 0.1) is 0 Å². The van der Waals surface area contributed by atoms with E-state index in [0.717, 1.165) is 30.4 Å². The van der Waals surface area contributed by atoms with Crippen molar-refractivity contribution < 1.29 is 19.1 Å². The van der Waals surface area contributed by atoms with Gasteiger partial charge < -0.3 is 20.3 Å². The molecule has 0 saturated carbocycles. The summed E-state index contributed by atoms with van der Waals surface area (Å²) in [5, 5.41) is 5.95. The molecule has 3 atom stereocenters. The second-order valence-electron chi connectivity index (χ2n) is 10.4. The van der Waals surface area contributed by atoms with Gasteiger partial charge in [0.1, 0.15) is 17.7 Å². The Morgan fingerprint density at radius 2 is 1.51 bits per heavy atom. The Bertz CT molecular complexity index is 996. The molecule has 0 unspecified atom stereocenters. The quantitative estimate of drug-likeness (QED) is 0.671. The number of benzene rings is 2. The Kier molecular flexibility index (Phi) is 7.43. The van der Waals surface area contributed by atoms with Gasteiger partial charge in [-0.15, -0.1) is 0 Å². The van der Waals surface area contributed by atoms with Crippen LogP contribution in [0.15, 0.2) is 60.7 Å². The average Bonchev–Trinajstić information content (AvgIpc) is 3.19. The molecule has 2 saturated heterocycles. The van der Waals surface area contributed by atoms with Crippen LogP contribution in [0.3, 0.4) is 0 Å². The van der Waals surface area contributed by atoms with Gasteiger partial charge in [0.25, 0.3) is 0 Å². The highest BCUT2D eigenvalue weighted by molar-refractivity contribution is 5.92. The first-order valence-electron chi connectivity index (χ1n) is 12.4. The van der Waals surface area contributed by atoms with Gasteiger partial charge in [-0.2, -0.15) is 0 Å². The first-order valence-corrected chi connectivity index (χ1v) is 12.4. The van der Waals surface area contributed by atoms with Gasteiger partial charge in [-0.3, -0.25) is 9.59 Å². The number of hydrogen-bond acceptors (Lipinski definition) is 4. The molecule has 0 aliphatic carbocycles. The van der Waals surface area contributed by atoms with Crippen molar-refractivity contribution in [2.75, 3.05) is 0 Å². The lowest BCUT2D eigenvalue weighted by molar-refractivity contribution is -0.141. The summed E-state index contributed by atoms with van der Waals surface area (Å²) < 4.78 is 5.37. The molecule has 35 heavy (non-hydrogen) atoms. The van der Waals surface area contributed by atoms with E-state index in [-0.39, 0.29) is 23.9 Å². The number of nitrogens with one attached hydrogen (secondary N) is 2. The lowest BCUT2D eigenvalue weighted by Gasteiger charge is -2.32. The van der Waals surface area contributed by atoms with E-state index >= 15 is 0 Å². The van der Waals surface area contributed by atoms with E-state index in [4.69, 9.17) is 4.74 Å². The molecule has 7 nitrogen and oxygen atoms in total. The maximum Gasteiger partial charge on any atom is 0.408 e. The summed E-state index contributed by atoms with van der Waals surface area (Å²) in [5.41, 5.74) is 1.31. The summed E-state index contributed by atoms with van der Waals surface area (Å²) >= 11 is 0. The number of nitrogens with zero attached hydrogens (tertiary/aromatic N) is 1. The predicted molar refractivity (Wildman–Crippen MR) is 134 cm³/mol. The molecule has 2 aromatic carbocycles. The fourth-order valence-electron chi connectivity index (χ4n) is 5.09. The summed E-state index contributed by atoms with van der Waals surface area (Å²) in [6, 6.07) is 18.1. The third-order valence-electron chi connectivity index (χ3n) is 6.63. The number of fused-ring (bicyclic) bond motifs is 1. The molecule has 2 aliphatic rings. The van der Waals surface area contributed by atoms with Crippen molar-refractivity contribution in [1.82, 2.24) is 15.5 Å². The second-order valence-corrected chi connectivity index (χ2v) is 10.4. The van der Waals surface area contributed by atoms with Crippen molar-refractivity contribution in [1.29, 1.82) is 0 Å². The van der Waals surface area contributed by atoms with E-state index < -0.39 is 23.8 Å². The van der Waals surface area contributed by atoms with Gasteiger partial charge in [0.05, 0.1) is 6.04 Å². The van der Waals surface area contributed by atoms with E-state index in [2.05, 4.69) is 10.6 Å². The van der Waals surface area contributed by atoms with Crippen LogP contribution in [0.4, 0.5) is 4.79 Å². The van der Waals surface area contributed by atoms with Gasteiger partial charge >= 0.3 is 6.09 Å². The van der Waals surface area contributed by atoms with Crippen LogP contribution in [-0.4, -0.2) is 46.5 Å². The summed E-state index contributed by atoms with van der Waals surface area (Å²) in [5.74, 6) is -0.372. The fourth-order valence-corrected chi connectivity index (χ4v) is 5.09. The molecule has 0 aromatic heterocycles. The van der Waals surface area contributed by atoms with Gasteiger partial charge in [0, 0.05) is 6.04 Å². The summed E-state index contributed by atoms with van der Waals surface area (Å²) in [4.78, 5) is 41.2. The monoisotopic (exact) mass is 477 g/mol. The van der Waals surface area contributed by atoms with Crippen LogP contribution >= 0.6 is 0 Å². The normalized spacial score (nSPS) is 22.3. The Morgan fingerprint density at radius 3 is 2.09 bits per heavy atom. The number of carbonyl (C=O) groups is 3. The maximum atomic E-state index is 13.6. The van der Waals surface area contributed by atoms with E-state index in [1.54, 1.807) is 25.7 Å². The van der Waals surface area contributed by atoms with Crippen LogP contribution in [-0.2, 0) is 14.3 Å². The van der Waals surface area contributed by atoms with Crippen LogP contribution in [0.5, 0.6) is 0 Å². The Labute approximate surface area is 207 Å². The van der Waals surface area contributed by atoms with E-state index in [1.807, 2.05) is 60.7 Å². The third-order valence-corrected chi connectivity index (χ3v) is 6.63. The standard InChI is InChI=1S/C28H35N3O4/c1-28(2,3)35-27(34)29-22-16-10-15-21-17-18-23(31(21)26(22)33)25(32)30-24(19-11-6-4-7-12-19)20-13-8-5-9-14-20/h4-9,11-14,21-24H,10,15-18H2,1-3H3,(H,29,34)(H,30,32)/t21-,22-,23-/m0/s1. The zero-order valence-corrected chi connectivity index (χ0v) is 20.7. The van der Waals surface area contributed by atoms with Crippen molar-refractivity contribution in [2.24, 2.45) is 0 Å². The van der Waals surface area contributed by atoms with Crippen molar-refractivity contribution in [3.8, 4) is 0 Å². The first-order chi connectivity index (χ1) is 16.7. The van der Waals surface area contributed by atoms with Crippen LogP contribution in [0.1, 0.15) is 70.0 Å². The number of ether oxygens (including phenoxy) is 1. The highest BCUT2D eigenvalue weighted by Gasteiger charge is 2.45. The SMILES string of the molecule is CC(C)(C)OC(=O)N[C@H]1CCC[C@H]2CC[C@@H](C(=O)NC(c3ccccc3)c3ccccc3)N2C1=O. The minimum Gasteiger partial charge on any atom is -0.444 e. The molecule has 2 N–H and O–H groups in total. The molecular weight excluding hydrogens is 442 g/mol. The Hall–Kier alpha value is -3.35. The maximum absolute atomic E-state index is 13.6. The lowest BCUT2D eigenvalue weighted by atomic mass is 9.98. The second kappa shape index (κ2) is 10.5. The van der Waals surface area contributed by atoms with E-state index in [0.29, 0.717) is 12.8 Å². The van der Waals surface area contributed by atoms with Gasteiger partial charge in [0.15, 0.2) is 0 Å². The number of alkyl carbamates (subject to hydrolysis) is 1. The highest BCUT2D eigenvalue weighted by atomic mass is 16.6. The van der Waals surface area contributed by atoms with Gasteiger partial charge in [-0.05, 0) is 64.0 Å². The molecular formula is C28H35N3O4. The summed E-state index contributed by atoms with van der Waals surface area (Å²) in [6.07, 6.45) is 2.95. The molecule has 0 spiro atoms. The van der Waals surface area contributed by atoms with Crippen molar-refractivity contribution >= 4 is 17.9 Å². The minimum atomic E-state index is -0.692. The Morgan fingerprint density at radius 1 is 0.914 bits per heavy atom. The smallest absolute Gasteiger partial charge is 0.408 e. The first kappa shape index (κ1) is 24.8. The number of rotatable bonds is 5. The molecule has 2 fully saturated rings. The molecule has 2 heterocycles. The molecule has 0 radical (unpaired) electrons. The lowest BCUT2D eigenvalue weighted by Crippen LogP contribution is -2.55. The van der Waals surface area contributed by atoms with Crippen molar-refractivity contribution in [2.45, 2.75) is 82.6 Å². The van der Waals surface area contributed by atoms with Gasteiger partial charge in [0.2, 0.25) is 11.8 Å². The molecule has 3 amide bonds. The average molecular weight is 478 g/mol. The topological polar surface area (TPSA) is 87.7 Å². The van der Waals surface area contributed by atoms with Crippen LogP contribution in [0.25, 0.3) is 0 Å². The van der Waals surface area contributed by atoms with Crippen molar-refractivity contribution in [3.63, 3.8) is 0 Å². The highest BCUT2D eigenvalue weighted by Crippen LogP contribution is 2.33. The van der Waals surface area contributed by atoms with Gasteiger partial charge in [-0.25, -0.2) is 4.79 Å². The molecule has 2 aromatic rings. The zero-order chi connectivity index (χ0) is 25.0. The molecule has 186 valence electrons. The predicted octanol–water partition coefficient (Wildman–Crippen LogP) is 4.33. The number of amides is 3. The van der Waals surface area contributed by atoms with Crippen molar-refractivity contribution in [3.05, 3.63) is 71.8 Å². The summed E-state index contributed by atoms with van der Waals surface area (Å²) in [7, 11) is 0. The molecule has 2 aliphatic heterocycles. The third kappa shape index (κ3) is 6.02. The largest absolute Gasteiger partial charge is 0.444 e. The van der Waals surface area contributed by atoms with E-state index in [1.165, 1.54) is 0 Å².